The molecule has 0 unspecified atom stereocenters. The molecular formula is C23H20N2O2. The molecule has 1 aliphatic heterocycles. The molecule has 4 aromatic rings. The van der Waals surface area contributed by atoms with E-state index in [0.717, 1.165) is 46.9 Å². The Kier molecular flexibility index (Phi) is 3.82. The summed E-state index contributed by atoms with van der Waals surface area (Å²) in [6.07, 6.45) is 0.956. The molecule has 2 heterocycles. The first kappa shape index (κ1) is 15.9. The van der Waals surface area contributed by atoms with Crippen LogP contribution in [-0.4, -0.2) is 16.3 Å². The van der Waals surface area contributed by atoms with Crippen molar-refractivity contribution >= 4 is 11.0 Å². The number of aromatic nitrogens is 2. The SMILES string of the molecule is Cc1ccc2c(c1)nc(-c1ccc3c(c1)OCO3)n2CCc1ccccc1. The molecular weight excluding hydrogens is 336 g/mol. The van der Waals surface area contributed by atoms with E-state index in [0.29, 0.717) is 0 Å². The first-order valence-corrected chi connectivity index (χ1v) is 9.19. The normalized spacial score (nSPS) is 12.6. The molecule has 0 aliphatic carbocycles. The van der Waals surface area contributed by atoms with Crippen LogP contribution in [0, 0.1) is 6.92 Å². The fraction of sp³-hybridized carbons (Fsp3) is 0.174. The Morgan fingerprint density at radius 2 is 1.78 bits per heavy atom. The van der Waals surface area contributed by atoms with Gasteiger partial charge in [-0.05, 0) is 54.8 Å². The van der Waals surface area contributed by atoms with Gasteiger partial charge < -0.3 is 14.0 Å². The van der Waals surface area contributed by atoms with Crippen molar-refractivity contribution in [1.29, 1.82) is 0 Å². The third kappa shape index (κ3) is 2.93. The predicted octanol–water partition coefficient (Wildman–Crippen LogP) is 4.98. The second-order valence-electron chi connectivity index (χ2n) is 6.88. The number of ether oxygens (including phenoxy) is 2. The van der Waals surface area contributed by atoms with Gasteiger partial charge in [0.25, 0.3) is 0 Å². The number of hydrogen-bond acceptors (Lipinski definition) is 3. The van der Waals surface area contributed by atoms with Crippen molar-refractivity contribution in [1.82, 2.24) is 9.55 Å². The van der Waals surface area contributed by atoms with E-state index in [-0.39, 0.29) is 6.79 Å². The van der Waals surface area contributed by atoms with Crippen molar-refractivity contribution in [2.45, 2.75) is 19.9 Å². The molecule has 0 saturated heterocycles. The number of hydrogen-bond donors (Lipinski definition) is 0. The van der Waals surface area contributed by atoms with Crippen molar-refractivity contribution in [2.75, 3.05) is 6.79 Å². The lowest BCUT2D eigenvalue weighted by atomic mass is 10.1. The van der Waals surface area contributed by atoms with Crippen LogP contribution in [-0.2, 0) is 13.0 Å². The molecule has 27 heavy (non-hydrogen) atoms. The van der Waals surface area contributed by atoms with Gasteiger partial charge in [0, 0.05) is 12.1 Å². The van der Waals surface area contributed by atoms with Gasteiger partial charge in [-0.2, -0.15) is 0 Å². The number of benzene rings is 3. The van der Waals surface area contributed by atoms with Crippen molar-refractivity contribution in [3.05, 3.63) is 77.9 Å². The molecule has 3 aromatic carbocycles. The predicted molar refractivity (Wildman–Crippen MR) is 106 cm³/mol. The Morgan fingerprint density at radius 3 is 2.67 bits per heavy atom. The van der Waals surface area contributed by atoms with Crippen LogP contribution in [0.1, 0.15) is 11.1 Å². The van der Waals surface area contributed by atoms with Crippen molar-refractivity contribution in [3.63, 3.8) is 0 Å². The Hall–Kier alpha value is -3.27. The second kappa shape index (κ2) is 6.47. The van der Waals surface area contributed by atoms with E-state index < -0.39 is 0 Å². The Morgan fingerprint density at radius 1 is 0.926 bits per heavy atom. The van der Waals surface area contributed by atoms with E-state index >= 15 is 0 Å². The molecule has 0 spiro atoms. The highest BCUT2D eigenvalue weighted by Gasteiger charge is 2.18. The molecule has 1 aliphatic rings. The lowest BCUT2D eigenvalue weighted by molar-refractivity contribution is 0.174. The number of aryl methyl sites for hydroxylation is 3. The molecule has 5 rings (SSSR count). The molecule has 4 nitrogen and oxygen atoms in total. The minimum absolute atomic E-state index is 0.280. The van der Waals surface area contributed by atoms with E-state index in [2.05, 4.69) is 66.1 Å². The average Bonchev–Trinajstić information content (AvgIpc) is 3.30. The van der Waals surface area contributed by atoms with Crippen LogP contribution in [0.2, 0.25) is 0 Å². The summed E-state index contributed by atoms with van der Waals surface area (Å²) in [7, 11) is 0. The average molecular weight is 356 g/mol. The molecule has 0 bridgehead atoms. The minimum atomic E-state index is 0.280. The maximum Gasteiger partial charge on any atom is 0.231 e. The fourth-order valence-corrected chi connectivity index (χ4v) is 3.61. The van der Waals surface area contributed by atoms with Crippen LogP contribution in [0.25, 0.3) is 22.4 Å². The summed E-state index contributed by atoms with van der Waals surface area (Å²) in [6.45, 7) is 3.25. The highest BCUT2D eigenvalue weighted by Crippen LogP contribution is 2.36. The van der Waals surface area contributed by atoms with Crippen molar-refractivity contribution < 1.29 is 9.47 Å². The Labute approximate surface area is 158 Å². The first-order valence-electron chi connectivity index (χ1n) is 9.19. The summed E-state index contributed by atoms with van der Waals surface area (Å²) < 4.78 is 13.3. The van der Waals surface area contributed by atoms with E-state index in [1.807, 2.05) is 12.1 Å². The summed E-state index contributed by atoms with van der Waals surface area (Å²) in [4.78, 5) is 4.95. The highest BCUT2D eigenvalue weighted by molar-refractivity contribution is 5.81. The second-order valence-corrected chi connectivity index (χ2v) is 6.88. The monoisotopic (exact) mass is 356 g/mol. The van der Waals surface area contributed by atoms with Gasteiger partial charge in [-0.15, -0.1) is 0 Å². The van der Waals surface area contributed by atoms with Gasteiger partial charge in [0.05, 0.1) is 11.0 Å². The molecule has 0 atom stereocenters. The van der Waals surface area contributed by atoms with Crippen LogP contribution in [0.15, 0.2) is 66.7 Å². The molecule has 0 N–H and O–H groups in total. The largest absolute Gasteiger partial charge is 0.454 e. The van der Waals surface area contributed by atoms with Crippen molar-refractivity contribution in [3.8, 4) is 22.9 Å². The first-order chi connectivity index (χ1) is 13.3. The van der Waals surface area contributed by atoms with E-state index in [9.17, 15) is 0 Å². The minimum Gasteiger partial charge on any atom is -0.454 e. The lowest BCUT2D eigenvalue weighted by Crippen LogP contribution is -2.03. The van der Waals surface area contributed by atoms with E-state index in [1.54, 1.807) is 0 Å². The number of fused-ring (bicyclic) bond motifs is 2. The molecule has 1 aromatic heterocycles. The van der Waals surface area contributed by atoms with Crippen LogP contribution in [0.5, 0.6) is 11.5 Å². The zero-order valence-corrected chi connectivity index (χ0v) is 15.2. The lowest BCUT2D eigenvalue weighted by Gasteiger charge is -2.10. The highest BCUT2D eigenvalue weighted by atomic mass is 16.7. The van der Waals surface area contributed by atoms with Gasteiger partial charge in [-0.1, -0.05) is 36.4 Å². The summed E-state index contributed by atoms with van der Waals surface area (Å²) in [5.41, 5.74) is 5.76. The molecule has 134 valence electrons. The molecule has 0 fully saturated rings. The smallest absolute Gasteiger partial charge is 0.231 e. The zero-order chi connectivity index (χ0) is 18.2. The molecule has 0 amide bonds. The van der Waals surface area contributed by atoms with Crippen molar-refractivity contribution in [2.24, 2.45) is 0 Å². The van der Waals surface area contributed by atoms with Gasteiger partial charge in [0.15, 0.2) is 11.5 Å². The third-order valence-corrected chi connectivity index (χ3v) is 5.00. The summed E-state index contributed by atoms with van der Waals surface area (Å²) in [6, 6.07) is 23.1. The molecule has 0 radical (unpaired) electrons. The topological polar surface area (TPSA) is 36.3 Å². The molecule has 0 saturated carbocycles. The van der Waals surface area contributed by atoms with Crippen LogP contribution >= 0.6 is 0 Å². The summed E-state index contributed by atoms with van der Waals surface area (Å²) >= 11 is 0. The number of nitrogens with zero attached hydrogens (tertiary/aromatic N) is 2. The van der Waals surface area contributed by atoms with Gasteiger partial charge in [-0.25, -0.2) is 4.98 Å². The van der Waals surface area contributed by atoms with Gasteiger partial charge in [-0.3, -0.25) is 0 Å². The summed E-state index contributed by atoms with van der Waals surface area (Å²) in [5.74, 6) is 2.54. The van der Waals surface area contributed by atoms with Gasteiger partial charge in [0.1, 0.15) is 5.82 Å². The number of rotatable bonds is 4. The standard InChI is InChI=1S/C23H20N2O2/c1-16-7-9-20-19(13-16)24-23(18-8-10-21-22(14-18)27-15-26-21)25(20)12-11-17-5-3-2-4-6-17/h2-10,13-14H,11-12,15H2,1H3. The van der Waals surface area contributed by atoms with Crippen LogP contribution in [0.3, 0.4) is 0 Å². The van der Waals surface area contributed by atoms with E-state index in [1.165, 1.54) is 11.1 Å². The maximum absolute atomic E-state index is 5.56. The van der Waals surface area contributed by atoms with Gasteiger partial charge >= 0.3 is 0 Å². The van der Waals surface area contributed by atoms with Crippen LogP contribution in [0.4, 0.5) is 0 Å². The zero-order valence-electron chi connectivity index (χ0n) is 15.2. The Balaban J connectivity index is 1.60. The van der Waals surface area contributed by atoms with E-state index in [4.69, 9.17) is 14.5 Å². The summed E-state index contributed by atoms with van der Waals surface area (Å²) in [5, 5.41) is 0. The van der Waals surface area contributed by atoms with Crippen LogP contribution < -0.4 is 9.47 Å². The third-order valence-electron chi connectivity index (χ3n) is 5.00. The number of imidazole rings is 1. The fourth-order valence-electron chi connectivity index (χ4n) is 3.61. The van der Waals surface area contributed by atoms with Gasteiger partial charge in [0.2, 0.25) is 6.79 Å². The molecule has 4 heteroatoms. The maximum atomic E-state index is 5.56. The Bertz CT molecular complexity index is 1120. The quantitative estimate of drug-likeness (QED) is 0.517.